The van der Waals surface area contributed by atoms with E-state index in [9.17, 15) is 0 Å². The van der Waals surface area contributed by atoms with E-state index < -0.39 is 0 Å². The molecule has 2 aliphatic heterocycles. The summed E-state index contributed by atoms with van der Waals surface area (Å²) < 4.78 is 15.2. The molecular formula is C32H36FN3. The Morgan fingerprint density at radius 2 is 2.11 bits per heavy atom. The Balaban J connectivity index is 1.63. The van der Waals surface area contributed by atoms with E-state index in [1.54, 1.807) is 12.1 Å². The van der Waals surface area contributed by atoms with Crippen LogP contribution in [0.25, 0.3) is 5.57 Å². The van der Waals surface area contributed by atoms with Gasteiger partial charge < -0.3 is 10.2 Å². The molecule has 2 fully saturated rings. The minimum atomic E-state index is -0.210. The van der Waals surface area contributed by atoms with Gasteiger partial charge in [-0.25, -0.2) is 4.39 Å². The molecule has 186 valence electrons. The molecule has 3 nitrogen and oxygen atoms in total. The number of benzene rings is 1. The van der Waals surface area contributed by atoms with Crippen molar-refractivity contribution < 1.29 is 4.39 Å². The smallest absolute Gasteiger partial charge is 0.131 e. The molecule has 2 aliphatic carbocycles. The van der Waals surface area contributed by atoms with Crippen molar-refractivity contribution >= 4 is 11.3 Å². The number of rotatable bonds is 6. The molecule has 1 aromatic carbocycles. The van der Waals surface area contributed by atoms with Gasteiger partial charge in [-0.1, -0.05) is 66.8 Å². The van der Waals surface area contributed by atoms with Crippen LogP contribution in [-0.4, -0.2) is 42.8 Å². The minimum Gasteiger partial charge on any atom is -0.368 e. The largest absolute Gasteiger partial charge is 0.368 e. The first kappa shape index (κ1) is 24.5. The number of aliphatic imine (C=N–C) groups is 1. The predicted octanol–water partition coefficient (Wildman–Crippen LogP) is 6.57. The van der Waals surface area contributed by atoms with Gasteiger partial charge >= 0.3 is 0 Å². The highest BCUT2D eigenvalue weighted by Crippen LogP contribution is 2.45. The van der Waals surface area contributed by atoms with E-state index in [0.29, 0.717) is 30.5 Å². The van der Waals surface area contributed by atoms with Crippen LogP contribution in [0.2, 0.25) is 0 Å². The SMILES string of the molecule is C=C(CC1=NCC=C(C)C(N2CCN[C@H](C)C2)=C1/C(=C\C)c1ccccc1F)C1=C2CC2C=CC=C1. The first-order valence-electron chi connectivity index (χ1n) is 13.1. The van der Waals surface area contributed by atoms with E-state index in [4.69, 9.17) is 4.99 Å². The summed E-state index contributed by atoms with van der Waals surface area (Å²) in [6, 6.07) is 7.47. The molecular weight excluding hydrogens is 445 g/mol. The Kier molecular flexibility index (Phi) is 7.06. The zero-order valence-electron chi connectivity index (χ0n) is 21.7. The molecule has 2 heterocycles. The maximum atomic E-state index is 15.2. The van der Waals surface area contributed by atoms with Crippen molar-refractivity contribution in [1.82, 2.24) is 10.2 Å². The fourth-order valence-electron chi connectivity index (χ4n) is 5.66. The Morgan fingerprint density at radius 1 is 1.28 bits per heavy atom. The first-order valence-corrected chi connectivity index (χ1v) is 13.1. The number of nitrogens with zero attached hydrogens (tertiary/aromatic N) is 2. The van der Waals surface area contributed by atoms with E-state index in [-0.39, 0.29) is 5.82 Å². The topological polar surface area (TPSA) is 27.6 Å². The highest BCUT2D eigenvalue weighted by molar-refractivity contribution is 6.15. The lowest BCUT2D eigenvalue weighted by atomic mass is 9.86. The van der Waals surface area contributed by atoms with E-state index >= 15 is 4.39 Å². The zero-order valence-corrected chi connectivity index (χ0v) is 21.7. The van der Waals surface area contributed by atoms with Crippen LogP contribution in [0.1, 0.15) is 39.2 Å². The standard InChI is InChI=1S/C32H36FN3/c1-5-25(27-12-8-9-13-29(27)33)31-30(18-22(3)26-11-7-6-10-24-19-28(24)26)35-15-14-21(2)32(31)36-17-16-34-23(4)20-36/h5-14,23-24,34H,3,15-20H2,1-2,4H3/b25-5-/t23-,24?/m1/s1. The predicted molar refractivity (Wildman–Crippen MR) is 149 cm³/mol. The molecule has 1 saturated heterocycles. The molecule has 2 atom stereocenters. The Bertz CT molecular complexity index is 1280. The second-order valence-corrected chi connectivity index (χ2v) is 10.2. The van der Waals surface area contributed by atoms with Crippen molar-refractivity contribution in [3.05, 3.63) is 112 Å². The highest BCUT2D eigenvalue weighted by atomic mass is 19.1. The minimum absolute atomic E-state index is 0.210. The lowest BCUT2D eigenvalue weighted by Crippen LogP contribution is -2.49. The number of piperazine rings is 1. The van der Waals surface area contributed by atoms with Crippen molar-refractivity contribution in [3.63, 3.8) is 0 Å². The number of hydrogen-bond acceptors (Lipinski definition) is 3. The summed E-state index contributed by atoms with van der Waals surface area (Å²) in [4.78, 5) is 7.56. The number of halogens is 1. The summed E-state index contributed by atoms with van der Waals surface area (Å²) in [6.07, 6.45) is 14.7. The summed E-state index contributed by atoms with van der Waals surface area (Å²) in [5, 5.41) is 3.56. The van der Waals surface area contributed by atoms with Gasteiger partial charge in [0.25, 0.3) is 0 Å². The fourth-order valence-corrected chi connectivity index (χ4v) is 5.66. The second kappa shape index (κ2) is 10.4. The van der Waals surface area contributed by atoms with Crippen LogP contribution in [0.4, 0.5) is 4.39 Å². The van der Waals surface area contributed by atoms with Crippen molar-refractivity contribution in [2.24, 2.45) is 10.9 Å². The number of hydrogen-bond donors (Lipinski definition) is 1. The third-order valence-corrected chi connectivity index (χ3v) is 7.54. The molecule has 0 radical (unpaired) electrons. The summed E-state index contributed by atoms with van der Waals surface area (Å²) in [7, 11) is 0. The van der Waals surface area contributed by atoms with Gasteiger partial charge in [0, 0.05) is 60.6 Å². The van der Waals surface area contributed by atoms with Gasteiger partial charge in [0.1, 0.15) is 5.82 Å². The monoisotopic (exact) mass is 481 g/mol. The molecule has 1 aromatic rings. The van der Waals surface area contributed by atoms with E-state index in [0.717, 1.165) is 48.5 Å². The molecule has 5 rings (SSSR count). The van der Waals surface area contributed by atoms with E-state index in [1.807, 2.05) is 25.1 Å². The van der Waals surface area contributed by atoms with Gasteiger partial charge in [0.15, 0.2) is 0 Å². The van der Waals surface area contributed by atoms with Crippen LogP contribution in [0.15, 0.2) is 106 Å². The average molecular weight is 482 g/mol. The first-order chi connectivity index (χ1) is 17.5. The van der Waals surface area contributed by atoms with Crippen LogP contribution in [-0.2, 0) is 0 Å². The van der Waals surface area contributed by atoms with Crippen LogP contribution >= 0.6 is 0 Å². The van der Waals surface area contributed by atoms with Crippen LogP contribution in [0, 0.1) is 11.7 Å². The van der Waals surface area contributed by atoms with Crippen LogP contribution in [0.5, 0.6) is 0 Å². The molecule has 0 amide bonds. The Hall–Kier alpha value is -3.24. The Morgan fingerprint density at radius 3 is 2.89 bits per heavy atom. The third kappa shape index (κ3) is 4.87. The molecule has 4 aliphatic rings. The van der Waals surface area contributed by atoms with Crippen molar-refractivity contribution in [3.8, 4) is 0 Å². The lowest BCUT2D eigenvalue weighted by Gasteiger charge is -2.37. The van der Waals surface area contributed by atoms with Gasteiger partial charge in [-0.2, -0.15) is 0 Å². The summed E-state index contributed by atoms with van der Waals surface area (Å²) in [5.41, 5.74) is 9.72. The summed E-state index contributed by atoms with van der Waals surface area (Å²) >= 11 is 0. The molecule has 4 heteroatoms. The van der Waals surface area contributed by atoms with Crippen LogP contribution < -0.4 is 5.32 Å². The Labute approximate surface area is 214 Å². The molecule has 1 N–H and O–H groups in total. The van der Waals surface area contributed by atoms with Crippen molar-refractivity contribution in [2.75, 3.05) is 26.2 Å². The quantitative estimate of drug-likeness (QED) is 0.498. The molecule has 1 saturated carbocycles. The molecule has 0 bridgehead atoms. The maximum Gasteiger partial charge on any atom is 0.131 e. The molecule has 0 spiro atoms. The maximum absolute atomic E-state index is 15.2. The molecule has 0 aromatic heterocycles. The number of fused-ring (bicyclic) bond motifs is 1. The second-order valence-electron chi connectivity index (χ2n) is 10.2. The van der Waals surface area contributed by atoms with Crippen LogP contribution in [0.3, 0.4) is 0 Å². The van der Waals surface area contributed by atoms with Gasteiger partial charge in [-0.15, -0.1) is 0 Å². The highest BCUT2D eigenvalue weighted by Gasteiger charge is 2.33. The normalized spacial score (nSPS) is 24.2. The van der Waals surface area contributed by atoms with Crippen molar-refractivity contribution in [2.45, 2.75) is 39.7 Å². The fraction of sp³-hybridized carbons (Fsp3) is 0.344. The molecule has 1 unspecified atom stereocenters. The van der Waals surface area contributed by atoms with Gasteiger partial charge in [-0.05, 0) is 55.6 Å². The summed E-state index contributed by atoms with van der Waals surface area (Å²) in [6.45, 7) is 14.3. The average Bonchev–Trinajstić information content (AvgIpc) is 3.65. The van der Waals surface area contributed by atoms with Gasteiger partial charge in [-0.3, -0.25) is 4.99 Å². The molecule has 36 heavy (non-hydrogen) atoms. The van der Waals surface area contributed by atoms with Gasteiger partial charge in [0.05, 0.1) is 6.54 Å². The van der Waals surface area contributed by atoms with Gasteiger partial charge in [0.2, 0.25) is 0 Å². The number of nitrogens with one attached hydrogen (secondary N) is 1. The third-order valence-electron chi connectivity index (χ3n) is 7.54. The van der Waals surface area contributed by atoms with Crippen molar-refractivity contribution in [1.29, 1.82) is 0 Å². The van der Waals surface area contributed by atoms with E-state index in [1.165, 1.54) is 22.4 Å². The zero-order chi connectivity index (χ0) is 25.2. The summed E-state index contributed by atoms with van der Waals surface area (Å²) in [5.74, 6) is 0.336. The van der Waals surface area contributed by atoms with E-state index in [2.05, 4.69) is 61.0 Å². The lowest BCUT2D eigenvalue weighted by molar-refractivity contribution is 0.259. The number of allylic oxidation sites excluding steroid dienone is 11.